The summed E-state index contributed by atoms with van der Waals surface area (Å²) in [4.78, 5) is 20.4. The number of carbonyl (C=O) groups is 1. The Kier molecular flexibility index (Phi) is 4.19. The normalized spacial score (nSPS) is 15.0. The number of amides is 2. The van der Waals surface area contributed by atoms with E-state index in [0.717, 1.165) is 23.6 Å². The highest BCUT2D eigenvalue weighted by Crippen LogP contribution is 2.18. The van der Waals surface area contributed by atoms with Crippen LogP contribution in [0.5, 0.6) is 0 Å². The number of rotatable bonds is 4. The van der Waals surface area contributed by atoms with Crippen LogP contribution in [0.3, 0.4) is 0 Å². The van der Waals surface area contributed by atoms with Crippen molar-refractivity contribution >= 4 is 17.9 Å². The van der Waals surface area contributed by atoms with E-state index in [1.807, 2.05) is 72.5 Å². The number of pyridine rings is 1. The number of aryl methyl sites for hydroxylation is 1. The highest BCUT2D eigenvalue weighted by molar-refractivity contribution is 5.93. The molecule has 0 saturated carbocycles. The molecule has 3 rings (SSSR count). The minimum Gasteiger partial charge on any atom is -0.319 e. The Morgan fingerprint density at radius 1 is 1.09 bits per heavy atom. The number of benzene rings is 1. The molecule has 112 valence electrons. The smallest absolute Gasteiger partial charge is 0.319 e. The third-order valence-corrected chi connectivity index (χ3v) is 3.68. The fourth-order valence-electron chi connectivity index (χ4n) is 2.52. The molecule has 1 aliphatic heterocycles. The van der Waals surface area contributed by atoms with E-state index in [2.05, 4.69) is 4.98 Å². The van der Waals surface area contributed by atoms with Crippen LogP contribution in [0.15, 0.2) is 54.6 Å². The number of nitrogens with zero attached hydrogens (tertiary/aromatic N) is 3. The molecule has 0 aliphatic carbocycles. The summed E-state index contributed by atoms with van der Waals surface area (Å²) in [6.07, 6.45) is 4.07. The molecule has 1 aromatic heterocycles. The van der Waals surface area contributed by atoms with Crippen LogP contribution in [-0.2, 0) is 0 Å². The first kappa shape index (κ1) is 14.3. The number of aromatic nitrogens is 1. The molecule has 1 saturated heterocycles. The number of urea groups is 1. The van der Waals surface area contributed by atoms with E-state index < -0.39 is 0 Å². The van der Waals surface area contributed by atoms with Crippen molar-refractivity contribution in [2.24, 2.45) is 0 Å². The van der Waals surface area contributed by atoms with Gasteiger partial charge in [-0.05, 0) is 24.6 Å². The van der Waals surface area contributed by atoms with Gasteiger partial charge in [-0.2, -0.15) is 0 Å². The maximum atomic E-state index is 12.4. The van der Waals surface area contributed by atoms with Crippen LogP contribution in [0.25, 0.3) is 6.08 Å². The summed E-state index contributed by atoms with van der Waals surface area (Å²) in [6, 6.07) is 15.9. The highest BCUT2D eigenvalue weighted by Gasteiger charge is 2.29. The second kappa shape index (κ2) is 6.43. The summed E-state index contributed by atoms with van der Waals surface area (Å²) < 4.78 is 0. The minimum absolute atomic E-state index is 0.0239. The topological polar surface area (TPSA) is 36.4 Å². The molecule has 2 heterocycles. The van der Waals surface area contributed by atoms with Crippen LogP contribution in [0.2, 0.25) is 0 Å². The monoisotopic (exact) mass is 293 g/mol. The second-order valence-corrected chi connectivity index (χ2v) is 5.33. The first-order valence-electron chi connectivity index (χ1n) is 7.46. The number of hydrogen-bond acceptors (Lipinski definition) is 2. The standard InChI is InChI=1S/C18H19N3O/c1-15-7-5-11-17(19-15)21-14-13-20(18(21)22)12-6-10-16-8-3-2-4-9-16/h2-11H,12-14H2,1H3. The van der Waals surface area contributed by atoms with Crippen molar-refractivity contribution in [3.8, 4) is 0 Å². The molecule has 0 spiro atoms. The van der Waals surface area contributed by atoms with Crippen LogP contribution in [0.1, 0.15) is 11.3 Å². The van der Waals surface area contributed by atoms with Crippen molar-refractivity contribution in [1.82, 2.24) is 9.88 Å². The summed E-state index contributed by atoms with van der Waals surface area (Å²) in [6.45, 7) is 3.97. The molecule has 2 amide bonds. The fraction of sp³-hybridized carbons (Fsp3) is 0.222. The van der Waals surface area contributed by atoms with E-state index in [0.29, 0.717) is 13.1 Å². The van der Waals surface area contributed by atoms with Crippen LogP contribution in [-0.4, -0.2) is 35.5 Å². The average Bonchev–Trinajstić information content (AvgIpc) is 2.90. The zero-order valence-corrected chi connectivity index (χ0v) is 12.6. The van der Waals surface area contributed by atoms with Gasteiger partial charge in [0.2, 0.25) is 0 Å². The van der Waals surface area contributed by atoms with Crippen LogP contribution in [0.4, 0.5) is 10.6 Å². The summed E-state index contributed by atoms with van der Waals surface area (Å²) in [5, 5.41) is 0. The van der Waals surface area contributed by atoms with Gasteiger partial charge in [0.25, 0.3) is 0 Å². The lowest BCUT2D eigenvalue weighted by atomic mass is 10.2. The lowest BCUT2D eigenvalue weighted by Crippen LogP contribution is -2.32. The first-order valence-corrected chi connectivity index (χ1v) is 7.46. The van der Waals surface area contributed by atoms with E-state index in [1.165, 1.54) is 0 Å². The number of hydrogen-bond donors (Lipinski definition) is 0. The van der Waals surface area contributed by atoms with Gasteiger partial charge in [-0.15, -0.1) is 0 Å². The molecule has 0 N–H and O–H groups in total. The van der Waals surface area contributed by atoms with Crippen LogP contribution >= 0.6 is 0 Å². The van der Waals surface area contributed by atoms with E-state index in [1.54, 1.807) is 4.90 Å². The molecule has 22 heavy (non-hydrogen) atoms. The second-order valence-electron chi connectivity index (χ2n) is 5.33. The molecule has 1 aromatic carbocycles. The first-order chi connectivity index (χ1) is 10.7. The quantitative estimate of drug-likeness (QED) is 0.867. The summed E-state index contributed by atoms with van der Waals surface area (Å²) in [7, 11) is 0. The van der Waals surface area contributed by atoms with Crippen molar-refractivity contribution in [2.45, 2.75) is 6.92 Å². The maximum Gasteiger partial charge on any atom is 0.326 e. The van der Waals surface area contributed by atoms with E-state index in [9.17, 15) is 4.79 Å². The van der Waals surface area contributed by atoms with Gasteiger partial charge in [0.1, 0.15) is 5.82 Å². The highest BCUT2D eigenvalue weighted by atomic mass is 16.2. The molecule has 0 radical (unpaired) electrons. The van der Waals surface area contributed by atoms with Crippen molar-refractivity contribution in [3.05, 3.63) is 65.9 Å². The molecule has 4 heteroatoms. The molecule has 0 bridgehead atoms. The zero-order valence-electron chi connectivity index (χ0n) is 12.6. The lowest BCUT2D eigenvalue weighted by molar-refractivity contribution is 0.225. The Labute approximate surface area is 130 Å². The zero-order chi connectivity index (χ0) is 15.4. The predicted octanol–water partition coefficient (Wildman–Crippen LogP) is 3.35. The molecule has 2 aromatic rings. The Balaban J connectivity index is 1.63. The summed E-state index contributed by atoms with van der Waals surface area (Å²) in [5.74, 6) is 0.736. The Hall–Kier alpha value is -2.62. The molecular formula is C18H19N3O. The Morgan fingerprint density at radius 2 is 1.91 bits per heavy atom. The maximum absolute atomic E-state index is 12.4. The molecule has 0 atom stereocenters. The Bertz CT molecular complexity index is 682. The predicted molar refractivity (Wildman–Crippen MR) is 88.8 cm³/mol. The van der Waals surface area contributed by atoms with Gasteiger partial charge < -0.3 is 4.90 Å². The summed E-state index contributed by atoms with van der Waals surface area (Å²) >= 11 is 0. The van der Waals surface area contributed by atoms with Gasteiger partial charge in [-0.25, -0.2) is 9.78 Å². The number of anilines is 1. The third-order valence-electron chi connectivity index (χ3n) is 3.68. The summed E-state index contributed by atoms with van der Waals surface area (Å²) in [5.41, 5.74) is 2.07. The van der Waals surface area contributed by atoms with E-state index in [4.69, 9.17) is 0 Å². The van der Waals surface area contributed by atoms with Crippen molar-refractivity contribution in [1.29, 1.82) is 0 Å². The largest absolute Gasteiger partial charge is 0.326 e. The SMILES string of the molecule is Cc1cccc(N2CCN(CC=Cc3ccccc3)C2=O)n1. The third kappa shape index (κ3) is 3.17. The van der Waals surface area contributed by atoms with Crippen LogP contribution < -0.4 is 4.90 Å². The van der Waals surface area contributed by atoms with Crippen molar-refractivity contribution < 1.29 is 4.79 Å². The van der Waals surface area contributed by atoms with E-state index >= 15 is 0 Å². The van der Waals surface area contributed by atoms with Gasteiger partial charge in [0, 0.05) is 25.3 Å². The van der Waals surface area contributed by atoms with Crippen molar-refractivity contribution in [2.75, 3.05) is 24.5 Å². The average molecular weight is 293 g/mol. The molecule has 0 unspecified atom stereocenters. The molecule has 4 nitrogen and oxygen atoms in total. The lowest BCUT2D eigenvalue weighted by Gasteiger charge is -2.17. The van der Waals surface area contributed by atoms with Gasteiger partial charge in [-0.3, -0.25) is 4.90 Å². The fourth-order valence-corrected chi connectivity index (χ4v) is 2.52. The van der Waals surface area contributed by atoms with Gasteiger partial charge in [0.15, 0.2) is 0 Å². The number of carbonyl (C=O) groups excluding carboxylic acids is 1. The molecular weight excluding hydrogens is 274 g/mol. The van der Waals surface area contributed by atoms with Gasteiger partial charge >= 0.3 is 6.03 Å². The molecule has 1 aliphatic rings. The van der Waals surface area contributed by atoms with Gasteiger partial charge in [-0.1, -0.05) is 48.6 Å². The van der Waals surface area contributed by atoms with Crippen LogP contribution in [0, 0.1) is 6.92 Å². The molecule has 1 fully saturated rings. The Morgan fingerprint density at radius 3 is 2.68 bits per heavy atom. The van der Waals surface area contributed by atoms with E-state index in [-0.39, 0.29) is 6.03 Å². The minimum atomic E-state index is 0.0239. The van der Waals surface area contributed by atoms with Crippen molar-refractivity contribution in [3.63, 3.8) is 0 Å². The van der Waals surface area contributed by atoms with Gasteiger partial charge in [0.05, 0.1) is 0 Å².